The van der Waals surface area contributed by atoms with Crippen LogP contribution in [0.2, 0.25) is 0 Å². The fourth-order valence-corrected chi connectivity index (χ4v) is 3.00. The fraction of sp³-hybridized carbons (Fsp3) is 0.733. The van der Waals surface area contributed by atoms with E-state index in [2.05, 4.69) is 10.4 Å². The molecule has 1 N–H and O–H groups in total. The maximum absolute atomic E-state index is 12.3. The Morgan fingerprint density at radius 2 is 1.89 bits per heavy atom. The number of nitrogens with one attached hydrogen (secondary N) is 1. The predicted octanol–water partition coefficient (Wildman–Crippen LogP) is 1.88. The van der Waals surface area contributed by atoms with E-state index in [0.29, 0.717) is 12.5 Å². The molecule has 1 aromatic rings. The van der Waals surface area contributed by atoms with Crippen LogP contribution in [0.5, 0.6) is 0 Å². The van der Waals surface area contributed by atoms with Gasteiger partial charge in [-0.3, -0.25) is 9.48 Å². The average Bonchev–Trinajstić information content (AvgIpc) is 3.25. The molecule has 0 atom stereocenters. The van der Waals surface area contributed by atoms with Crippen molar-refractivity contribution in [3.63, 3.8) is 0 Å². The molecular formula is C15H23N3O. The highest BCUT2D eigenvalue weighted by molar-refractivity contribution is 5.79. The summed E-state index contributed by atoms with van der Waals surface area (Å²) in [5, 5.41) is 7.65. The molecular weight excluding hydrogens is 238 g/mol. The molecule has 0 aromatic carbocycles. The molecule has 4 nitrogen and oxygen atoms in total. The minimum Gasteiger partial charge on any atom is -0.353 e. The van der Waals surface area contributed by atoms with Crippen LogP contribution in [0.3, 0.4) is 0 Å². The van der Waals surface area contributed by atoms with Gasteiger partial charge in [0, 0.05) is 24.3 Å². The largest absolute Gasteiger partial charge is 0.353 e. The minimum atomic E-state index is 0.169. The van der Waals surface area contributed by atoms with Crippen molar-refractivity contribution in [1.29, 1.82) is 0 Å². The smallest absolute Gasteiger partial charge is 0.224 e. The number of hydrogen-bond donors (Lipinski definition) is 1. The molecule has 0 bridgehead atoms. The van der Waals surface area contributed by atoms with Crippen molar-refractivity contribution in [3.8, 4) is 0 Å². The van der Waals surface area contributed by atoms with Crippen LogP contribution in [0.1, 0.15) is 42.6 Å². The molecule has 1 aromatic heterocycles. The molecule has 0 unspecified atom stereocenters. The molecule has 0 aliphatic heterocycles. The Labute approximate surface area is 114 Å². The van der Waals surface area contributed by atoms with E-state index in [-0.39, 0.29) is 5.91 Å². The van der Waals surface area contributed by atoms with Crippen LogP contribution in [0.25, 0.3) is 0 Å². The molecule has 2 fully saturated rings. The maximum atomic E-state index is 12.3. The van der Waals surface area contributed by atoms with Gasteiger partial charge < -0.3 is 5.32 Å². The van der Waals surface area contributed by atoms with Gasteiger partial charge in [0.1, 0.15) is 0 Å². The molecule has 2 aliphatic carbocycles. The van der Waals surface area contributed by atoms with Crippen LogP contribution in [-0.4, -0.2) is 21.7 Å². The number of aromatic nitrogens is 2. The third-order valence-electron chi connectivity index (χ3n) is 4.58. The second-order valence-electron chi connectivity index (χ2n) is 6.22. The number of rotatable bonds is 5. The van der Waals surface area contributed by atoms with Gasteiger partial charge in [-0.15, -0.1) is 0 Å². The Hall–Kier alpha value is -1.32. The second kappa shape index (κ2) is 4.66. The Morgan fingerprint density at radius 3 is 2.32 bits per heavy atom. The fourth-order valence-electron chi connectivity index (χ4n) is 3.00. The number of carbonyl (C=O) groups excluding carboxylic acids is 1. The zero-order valence-corrected chi connectivity index (χ0v) is 12.1. The van der Waals surface area contributed by atoms with Gasteiger partial charge in [-0.1, -0.05) is 0 Å². The van der Waals surface area contributed by atoms with Gasteiger partial charge in [0.05, 0.1) is 12.1 Å². The number of aryl methyl sites for hydroxylation is 2. The highest BCUT2D eigenvalue weighted by Gasteiger charge is 2.42. The highest BCUT2D eigenvalue weighted by Crippen LogP contribution is 2.44. The van der Waals surface area contributed by atoms with E-state index in [9.17, 15) is 4.79 Å². The van der Waals surface area contributed by atoms with E-state index in [1.54, 1.807) is 0 Å². The van der Waals surface area contributed by atoms with Crippen LogP contribution in [0.15, 0.2) is 0 Å². The lowest BCUT2D eigenvalue weighted by Crippen LogP contribution is -2.39. The molecule has 3 rings (SSSR count). The predicted molar refractivity (Wildman–Crippen MR) is 73.8 cm³/mol. The lowest BCUT2D eigenvalue weighted by molar-refractivity contribution is -0.121. The zero-order chi connectivity index (χ0) is 13.6. The van der Waals surface area contributed by atoms with Gasteiger partial charge >= 0.3 is 0 Å². The summed E-state index contributed by atoms with van der Waals surface area (Å²) in [5.74, 6) is 1.68. The first-order chi connectivity index (χ1) is 9.06. The van der Waals surface area contributed by atoms with Crippen molar-refractivity contribution >= 4 is 5.91 Å². The molecule has 104 valence electrons. The maximum Gasteiger partial charge on any atom is 0.224 e. The van der Waals surface area contributed by atoms with Crippen LogP contribution in [-0.2, 0) is 18.3 Å². The second-order valence-corrected chi connectivity index (χ2v) is 6.22. The number of nitrogens with zero attached hydrogens (tertiary/aromatic N) is 2. The van der Waals surface area contributed by atoms with E-state index in [1.165, 1.54) is 25.7 Å². The van der Waals surface area contributed by atoms with Crippen molar-refractivity contribution in [3.05, 3.63) is 17.0 Å². The number of hydrogen-bond acceptors (Lipinski definition) is 2. The molecule has 1 heterocycles. The van der Waals surface area contributed by atoms with E-state index in [1.807, 2.05) is 25.6 Å². The molecule has 19 heavy (non-hydrogen) atoms. The first-order valence-electron chi connectivity index (χ1n) is 7.34. The minimum absolute atomic E-state index is 0.169. The van der Waals surface area contributed by atoms with Crippen LogP contribution >= 0.6 is 0 Å². The first kappa shape index (κ1) is 12.7. The molecule has 0 saturated heterocycles. The summed E-state index contributed by atoms with van der Waals surface area (Å²) in [6.07, 6.45) is 5.67. The third kappa shape index (κ3) is 2.67. The monoisotopic (exact) mass is 261 g/mol. The summed E-state index contributed by atoms with van der Waals surface area (Å²) in [6.45, 7) is 4.01. The topological polar surface area (TPSA) is 46.9 Å². The normalized spacial score (nSPS) is 18.9. The molecule has 0 spiro atoms. The summed E-state index contributed by atoms with van der Waals surface area (Å²) in [7, 11) is 1.93. The van der Waals surface area contributed by atoms with Crippen LogP contribution in [0.4, 0.5) is 0 Å². The first-order valence-corrected chi connectivity index (χ1v) is 7.34. The van der Waals surface area contributed by atoms with Crippen molar-refractivity contribution < 1.29 is 4.79 Å². The number of carbonyl (C=O) groups is 1. The average molecular weight is 261 g/mol. The quantitative estimate of drug-likeness (QED) is 0.879. The summed E-state index contributed by atoms with van der Waals surface area (Å²) in [4.78, 5) is 12.3. The SMILES string of the molecule is Cc1nn(C)c(C)c1CC(=O)NC(C1CC1)C1CC1. The van der Waals surface area contributed by atoms with Crippen molar-refractivity contribution in [2.24, 2.45) is 18.9 Å². The van der Waals surface area contributed by atoms with E-state index < -0.39 is 0 Å². The van der Waals surface area contributed by atoms with E-state index in [4.69, 9.17) is 0 Å². The zero-order valence-electron chi connectivity index (χ0n) is 12.1. The standard InChI is InChI=1S/C15H23N3O/c1-9-13(10(2)18(3)17-9)8-14(19)16-15(11-4-5-11)12-6-7-12/h11-12,15H,4-8H2,1-3H3,(H,16,19). The summed E-state index contributed by atoms with van der Waals surface area (Å²) >= 11 is 0. The summed E-state index contributed by atoms with van der Waals surface area (Å²) < 4.78 is 1.86. The molecule has 2 aliphatic rings. The highest BCUT2D eigenvalue weighted by atomic mass is 16.1. The Morgan fingerprint density at radius 1 is 1.32 bits per heavy atom. The van der Waals surface area contributed by atoms with Gasteiger partial charge in [0.25, 0.3) is 0 Å². The lowest BCUT2D eigenvalue weighted by atomic mass is 10.1. The Bertz CT molecular complexity index is 486. The van der Waals surface area contributed by atoms with E-state index >= 15 is 0 Å². The van der Waals surface area contributed by atoms with Gasteiger partial charge in [-0.25, -0.2) is 0 Å². The van der Waals surface area contributed by atoms with Crippen molar-refractivity contribution in [1.82, 2.24) is 15.1 Å². The molecule has 4 heteroatoms. The van der Waals surface area contributed by atoms with Crippen molar-refractivity contribution in [2.45, 2.75) is 52.0 Å². The van der Waals surface area contributed by atoms with Gasteiger partial charge in [-0.05, 0) is 51.4 Å². The van der Waals surface area contributed by atoms with Gasteiger partial charge in [0.15, 0.2) is 0 Å². The van der Waals surface area contributed by atoms with Gasteiger partial charge in [-0.2, -0.15) is 5.10 Å². The summed E-state index contributed by atoms with van der Waals surface area (Å²) in [6, 6.07) is 0.449. The Balaban J connectivity index is 1.64. The summed E-state index contributed by atoms with van der Waals surface area (Å²) in [5.41, 5.74) is 3.16. The van der Waals surface area contributed by atoms with Crippen molar-refractivity contribution in [2.75, 3.05) is 0 Å². The lowest BCUT2D eigenvalue weighted by Gasteiger charge is -2.17. The van der Waals surface area contributed by atoms with E-state index in [0.717, 1.165) is 28.8 Å². The van der Waals surface area contributed by atoms with Crippen LogP contribution < -0.4 is 5.32 Å². The molecule has 2 saturated carbocycles. The third-order valence-corrected chi connectivity index (χ3v) is 4.58. The van der Waals surface area contributed by atoms with Gasteiger partial charge in [0.2, 0.25) is 5.91 Å². The van der Waals surface area contributed by atoms with Crippen LogP contribution in [0, 0.1) is 25.7 Å². The Kier molecular flexibility index (Phi) is 3.11. The number of amides is 1. The molecule has 0 radical (unpaired) electrons. The molecule has 1 amide bonds.